The maximum absolute atomic E-state index is 14.1. The van der Waals surface area contributed by atoms with E-state index in [4.69, 9.17) is 9.47 Å². The smallest absolute Gasteiger partial charge is 0.342 e. The molecule has 1 aliphatic carbocycles. The molecule has 28 heavy (non-hydrogen) atoms. The first-order chi connectivity index (χ1) is 13.3. The van der Waals surface area contributed by atoms with Crippen molar-refractivity contribution in [1.82, 2.24) is 0 Å². The second-order valence-corrected chi connectivity index (χ2v) is 8.03. The molecule has 1 aliphatic rings. The molecular formula is C19H15F4IO3S. The maximum atomic E-state index is 14.1. The number of rotatable bonds is 4. The third-order valence-corrected chi connectivity index (χ3v) is 5.46. The van der Waals surface area contributed by atoms with Gasteiger partial charge in [-0.05, 0) is 66.5 Å². The molecule has 0 bridgehead atoms. The standard InChI is InChI=1S/C19H15F4IO3S/c20-13-15(22)18(28)16(23)14(21)17(13)27-12-7-6-9(24)8-11(12)19(25)26-10-4-2-1-3-5-10/h6-8,10,28H,1-5H2. The van der Waals surface area contributed by atoms with Crippen LogP contribution in [0.3, 0.4) is 0 Å². The van der Waals surface area contributed by atoms with Crippen LogP contribution in [0.25, 0.3) is 0 Å². The van der Waals surface area contributed by atoms with Gasteiger partial charge in [-0.2, -0.15) is 8.78 Å². The molecule has 0 atom stereocenters. The Bertz CT molecular complexity index is 888. The Morgan fingerprint density at radius 3 is 2.21 bits per heavy atom. The van der Waals surface area contributed by atoms with Gasteiger partial charge >= 0.3 is 5.97 Å². The minimum Gasteiger partial charge on any atom is -0.459 e. The average Bonchev–Trinajstić information content (AvgIpc) is 2.70. The predicted octanol–water partition coefficient (Wildman–Crippen LogP) is 6.42. The first-order valence-electron chi connectivity index (χ1n) is 8.53. The van der Waals surface area contributed by atoms with E-state index in [1.165, 1.54) is 18.2 Å². The van der Waals surface area contributed by atoms with Crippen LogP contribution in [0, 0.1) is 26.8 Å². The summed E-state index contributed by atoms with van der Waals surface area (Å²) < 4.78 is 66.9. The Morgan fingerprint density at radius 1 is 1.00 bits per heavy atom. The molecule has 0 unspecified atom stereocenters. The van der Waals surface area contributed by atoms with Gasteiger partial charge in [0.25, 0.3) is 0 Å². The second-order valence-electron chi connectivity index (χ2n) is 6.34. The van der Waals surface area contributed by atoms with Gasteiger partial charge in [0.05, 0.1) is 4.90 Å². The Kier molecular flexibility index (Phi) is 6.74. The van der Waals surface area contributed by atoms with E-state index in [0.29, 0.717) is 3.57 Å². The Balaban J connectivity index is 1.94. The van der Waals surface area contributed by atoms with Crippen molar-refractivity contribution in [3.63, 3.8) is 0 Å². The highest BCUT2D eigenvalue weighted by Gasteiger charge is 2.28. The SMILES string of the molecule is O=C(OC1CCCCC1)c1cc(I)ccc1Oc1c(F)c(F)c(S)c(F)c1F. The van der Waals surface area contributed by atoms with Gasteiger partial charge in [0.1, 0.15) is 17.4 Å². The van der Waals surface area contributed by atoms with Gasteiger partial charge in [-0.3, -0.25) is 0 Å². The van der Waals surface area contributed by atoms with Crippen molar-refractivity contribution >= 4 is 41.2 Å². The summed E-state index contributed by atoms with van der Waals surface area (Å²) in [5.41, 5.74) is -0.0907. The number of carbonyl (C=O) groups is 1. The fourth-order valence-corrected chi connectivity index (χ4v) is 3.64. The average molecular weight is 526 g/mol. The topological polar surface area (TPSA) is 35.5 Å². The van der Waals surface area contributed by atoms with E-state index < -0.39 is 39.9 Å². The van der Waals surface area contributed by atoms with Crippen molar-refractivity contribution in [3.05, 3.63) is 50.6 Å². The highest BCUT2D eigenvalue weighted by Crippen LogP contribution is 2.36. The van der Waals surface area contributed by atoms with Crippen molar-refractivity contribution in [1.29, 1.82) is 0 Å². The number of halogens is 5. The van der Waals surface area contributed by atoms with E-state index in [9.17, 15) is 22.4 Å². The van der Waals surface area contributed by atoms with E-state index in [1.807, 2.05) is 22.6 Å². The summed E-state index contributed by atoms with van der Waals surface area (Å²) in [7, 11) is 0. The highest BCUT2D eigenvalue weighted by atomic mass is 127. The van der Waals surface area contributed by atoms with Crippen molar-refractivity contribution in [2.24, 2.45) is 0 Å². The minimum absolute atomic E-state index is 0.0907. The van der Waals surface area contributed by atoms with Gasteiger partial charge in [-0.1, -0.05) is 6.42 Å². The molecule has 150 valence electrons. The number of hydrogen-bond donors (Lipinski definition) is 1. The summed E-state index contributed by atoms with van der Waals surface area (Å²) in [6.07, 6.45) is 4.17. The van der Waals surface area contributed by atoms with E-state index in [-0.39, 0.29) is 17.4 Å². The molecule has 0 radical (unpaired) electrons. The fourth-order valence-electron chi connectivity index (χ4n) is 2.95. The van der Waals surface area contributed by atoms with Gasteiger partial charge in [0.2, 0.25) is 17.4 Å². The molecular weight excluding hydrogens is 511 g/mol. The summed E-state index contributed by atoms with van der Waals surface area (Å²) in [5.74, 6) is -9.15. The summed E-state index contributed by atoms with van der Waals surface area (Å²) in [6.45, 7) is 0. The van der Waals surface area contributed by atoms with Crippen LogP contribution in [-0.4, -0.2) is 12.1 Å². The number of thiol groups is 1. The summed E-state index contributed by atoms with van der Waals surface area (Å²) in [5, 5.41) is 0. The molecule has 3 rings (SSSR count). The van der Waals surface area contributed by atoms with Gasteiger partial charge in [-0.15, -0.1) is 12.6 Å². The molecule has 0 saturated heterocycles. The lowest BCUT2D eigenvalue weighted by Crippen LogP contribution is -2.21. The second kappa shape index (κ2) is 8.89. The van der Waals surface area contributed by atoms with E-state index in [1.54, 1.807) is 0 Å². The van der Waals surface area contributed by atoms with Crippen LogP contribution in [0.2, 0.25) is 0 Å². The third kappa shape index (κ3) is 4.40. The first kappa shape index (κ1) is 21.2. The monoisotopic (exact) mass is 526 g/mol. The molecule has 2 aromatic carbocycles. The van der Waals surface area contributed by atoms with Crippen LogP contribution in [0.1, 0.15) is 42.5 Å². The van der Waals surface area contributed by atoms with Crippen LogP contribution in [0.5, 0.6) is 11.5 Å². The zero-order valence-electron chi connectivity index (χ0n) is 14.4. The Hall–Kier alpha value is -1.49. The number of ether oxygens (including phenoxy) is 2. The largest absolute Gasteiger partial charge is 0.459 e. The van der Waals surface area contributed by atoms with E-state index in [2.05, 4.69) is 12.6 Å². The zero-order chi connectivity index (χ0) is 20.4. The highest BCUT2D eigenvalue weighted by molar-refractivity contribution is 14.1. The quantitative estimate of drug-likeness (QED) is 0.164. The van der Waals surface area contributed by atoms with E-state index >= 15 is 0 Å². The molecule has 0 aromatic heterocycles. The lowest BCUT2D eigenvalue weighted by atomic mass is 9.98. The molecule has 0 heterocycles. The zero-order valence-corrected chi connectivity index (χ0v) is 17.5. The van der Waals surface area contributed by atoms with Crippen LogP contribution in [0.15, 0.2) is 23.1 Å². The summed E-state index contributed by atoms with van der Waals surface area (Å²) >= 11 is 5.35. The lowest BCUT2D eigenvalue weighted by molar-refractivity contribution is 0.0208. The van der Waals surface area contributed by atoms with Crippen LogP contribution < -0.4 is 4.74 Å². The van der Waals surface area contributed by atoms with Gasteiger partial charge in [0, 0.05) is 3.57 Å². The molecule has 0 N–H and O–H groups in total. The van der Waals surface area contributed by atoms with Gasteiger partial charge < -0.3 is 9.47 Å². The van der Waals surface area contributed by atoms with Gasteiger partial charge in [0.15, 0.2) is 11.6 Å². The molecule has 0 spiro atoms. The predicted molar refractivity (Wildman–Crippen MR) is 105 cm³/mol. The van der Waals surface area contributed by atoms with Crippen molar-refractivity contribution in [2.45, 2.75) is 43.1 Å². The van der Waals surface area contributed by atoms with Crippen LogP contribution in [0.4, 0.5) is 17.6 Å². The molecule has 1 fully saturated rings. The lowest BCUT2D eigenvalue weighted by Gasteiger charge is -2.22. The molecule has 0 aliphatic heterocycles. The van der Waals surface area contributed by atoms with Gasteiger partial charge in [-0.25, -0.2) is 13.6 Å². The first-order valence-corrected chi connectivity index (χ1v) is 10.1. The minimum atomic E-state index is -1.74. The number of hydrogen-bond acceptors (Lipinski definition) is 4. The van der Waals surface area contributed by atoms with Crippen molar-refractivity contribution in [3.8, 4) is 11.5 Å². The van der Waals surface area contributed by atoms with Crippen LogP contribution >= 0.6 is 35.2 Å². The number of carbonyl (C=O) groups excluding carboxylic acids is 1. The Morgan fingerprint density at radius 2 is 1.61 bits per heavy atom. The van der Waals surface area contributed by atoms with Crippen LogP contribution in [-0.2, 0) is 4.74 Å². The summed E-state index contributed by atoms with van der Waals surface area (Å²) in [6, 6.07) is 4.21. The van der Waals surface area contributed by atoms with Crippen molar-refractivity contribution < 1.29 is 31.8 Å². The maximum Gasteiger partial charge on any atom is 0.342 e. The molecule has 2 aromatic rings. The molecule has 1 saturated carbocycles. The molecule has 3 nitrogen and oxygen atoms in total. The fraction of sp³-hybridized carbons (Fsp3) is 0.316. The van der Waals surface area contributed by atoms with E-state index in [0.717, 1.165) is 32.1 Å². The van der Waals surface area contributed by atoms with Crippen molar-refractivity contribution in [2.75, 3.05) is 0 Å². The number of esters is 1. The third-order valence-electron chi connectivity index (χ3n) is 4.40. The number of benzene rings is 2. The molecule has 0 amide bonds. The Labute approximate surface area is 178 Å². The molecule has 9 heteroatoms. The normalized spacial score (nSPS) is 14.8. The summed E-state index contributed by atoms with van der Waals surface area (Å²) in [4.78, 5) is 11.5.